The smallest absolute Gasteiger partial charge is 0.325 e. The molecule has 0 spiro atoms. The van der Waals surface area contributed by atoms with Crippen molar-refractivity contribution in [3.05, 3.63) is 24.3 Å². The first-order valence-electron chi connectivity index (χ1n) is 7.02. The van der Waals surface area contributed by atoms with Gasteiger partial charge in [-0.05, 0) is 41.1 Å². The van der Waals surface area contributed by atoms with Crippen molar-refractivity contribution in [3.8, 4) is 11.4 Å². The molecule has 0 aliphatic rings. The molecule has 1 aromatic heterocycles. The summed E-state index contributed by atoms with van der Waals surface area (Å²) in [6.45, 7) is 1.99. The van der Waals surface area contributed by atoms with E-state index in [1.54, 1.807) is 12.1 Å². The molecule has 0 unspecified atom stereocenters. The number of rotatable bonds is 8. The fraction of sp³-hybridized carbons (Fsp3) is 0.385. The van der Waals surface area contributed by atoms with Crippen molar-refractivity contribution >= 4 is 16.0 Å². The van der Waals surface area contributed by atoms with Crippen LogP contribution in [0.25, 0.3) is 11.4 Å². The lowest BCUT2D eigenvalue weighted by molar-refractivity contribution is -0.137. The Morgan fingerprint density at radius 2 is 2.00 bits per heavy atom. The first-order chi connectivity index (χ1) is 10.9. The van der Waals surface area contributed by atoms with Crippen LogP contribution in [-0.2, 0) is 21.4 Å². The molecule has 23 heavy (non-hydrogen) atoms. The van der Waals surface area contributed by atoms with Gasteiger partial charge in [0.1, 0.15) is 6.54 Å². The Morgan fingerprint density at radius 3 is 2.61 bits per heavy atom. The number of carboxylic acids is 1. The van der Waals surface area contributed by atoms with E-state index in [1.807, 2.05) is 6.92 Å². The van der Waals surface area contributed by atoms with Crippen molar-refractivity contribution in [1.29, 1.82) is 0 Å². The van der Waals surface area contributed by atoms with Crippen molar-refractivity contribution in [2.75, 3.05) is 6.54 Å². The van der Waals surface area contributed by atoms with Gasteiger partial charge in [0.25, 0.3) is 0 Å². The molecule has 0 aliphatic carbocycles. The van der Waals surface area contributed by atoms with Gasteiger partial charge in [0.05, 0.1) is 4.90 Å². The Balaban J connectivity index is 2.20. The summed E-state index contributed by atoms with van der Waals surface area (Å²) in [6, 6.07) is 5.95. The first-order valence-corrected chi connectivity index (χ1v) is 8.50. The van der Waals surface area contributed by atoms with E-state index in [2.05, 4.69) is 20.2 Å². The van der Waals surface area contributed by atoms with E-state index in [9.17, 15) is 13.2 Å². The molecule has 2 rings (SSSR count). The van der Waals surface area contributed by atoms with Crippen molar-refractivity contribution in [3.63, 3.8) is 0 Å². The average Bonchev–Trinajstić information content (AvgIpc) is 2.95. The Kier molecular flexibility index (Phi) is 5.40. The average molecular weight is 339 g/mol. The monoisotopic (exact) mass is 339 g/mol. The zero-order chi connectivity index (χ0) is 16.9. The highest BCUT2D eigenvalue weighted by atomic mass is 32.2. The third-order valence-corrected chi connectivity index (χ3v) is 4.54. The lowest BCUT2D eigenvalue weighted by atomic mass is 10.2. The number of benzene rings is 1. The fourth-order valence-corrected chi connectivity index (χ4v) is 2.97. The van der Waals surface area contributed by atoms with Gasteiger partial charge in [-0.2, -0.15) is 0 Å². The minimum atomic E-state index is -3.55. The number of aliphatic carboxylic acids is 1. The predicted octanol–water partition coefficient (Wildman–Crippen LogP) is 0.503. The molecule has 124 valence electrons. The second-order valence-corrected chi connectivity index (χ2v) is 6.60. The third-order valence-electron chi connectivity index (χ3n) is 3.06. The summed E-state index contributed by atoms with van der Waals surface area (Å²) in [5.41, 5.74) is 0.531. The second kappa shape index (κ2) is 7.29. The van der Waals surface area contributed by atoms with Gasteiger partial charge in [-0.25, -0.2) is 17.8 Å². The predicted molar refractivity (Wildman–Crippen MR) is 81.0 cm³/mol. The molecule has 0 saturated carbocycles. The molecule has 2 aromatic rings. The van der Waals surface area contributed by atoms with E-state index in [0.29, 0.717) is 12.1 Å². The van der Waals surface area contributed by atoms with Crippen LogP contribution in [0.2, 0.25) is 0 Å². The van der Waals surface area contributed by atoms with Crippen molar-refractivity contribution < 1.29 is 18.3 Å². The number of unbranched alkanes of at least 4 members (excludes halogenated alkanes) is 1. The molecule has 0 atom stereocenters. The van der Waals surface area contributed by atoms with Crippen molar-refractivity contribution in [1.82, 2.24) is 24.9 Å². The summed E-state index contributed by atoms with van der Waals surface area (Å²) in [4.78, 5) is 10.9. The highest BCUT2D eigenvalue weighted by Gasteiger charge is 2.15. The van der Waals surface area contributed by atoms with Crippen LogP contribution < -0.4 is 4.72 Å². The van der Waals surface area contributed by atoms with Crippen LogP contribution in [0.4, 0.5) is 0 Å². The van der Waals surface area contributed by atoms with E-state index < -0.39 is 16.0 Å². The van der Waals surface area contributed by atoms with Gasteiger partial charge >= 0.3 is 5.97 Å². The standard InChI is InChI=1S/C13H17N5O4S/c1-2-3-8-14-23(21,22)11-6-4-10(5-7-11)13-15-16-17-18(13)9-12(19)20/h4-7,14H,2-3,8-9H2,1H3,(H,19,20). The van der Waals surface area contributed by atoms with Gasteiger partial charge in [-0.3, -0.25) is 4.79 Å². The number of aromatic nitrogens is 4. The maximum absolute atomic E-state index is 12.1. The summed E-state index contributed by atoms with van der Waals surface area (Å²) in [6.07, 6.45) is 1.66. The quantitative estimate of drug-likeness (QED) is 0.670. The summed E-state index contributed by atoms with van der Waals surface area (Å²) in [7, 11) is -3.55. The summed E-state index contributed by atoms with van der Waals surface area (Å²) in [5.74, 6) is -0.812. The van der Waals surface area contributed by atoms with Gasteiger partial charge < -0.3 is 5.11 Å². The molecule has 10 heteroatoms. The second-order valence-electron chi connectivity index (χ2n) is 4.83. The normalized spacial score (nSPS) is 11.5. The molecule has 0 radical (unpaired) electrons. The SMILES string of the molecule is CCCCNS(=O)(=O)c1ccc(-c2nnnn2CC(=O)O)cc1. The molecule has 0 aliphatic heterocycles. The van der Waals surface area contributed by atoms with Crippen LogP contribution in [0, 0.1) is 0 Å². The van der Waals surface area contributed by atoms with Gasteiger partial charge in [0.2, 0.25) is 10.0 Å². The Bertz CT molecular complexity index is 770. The first kappa shape index (κ1) is 17.0. The molecule has 9 nitrogen and oxygen atoms in total. The molecule has 0 amide bonds. The Morgan fingerprint density at radius 1 is 1.30 bits per heavy atom. The van der Waals surface area contributed by atoms with E-state index in [4.69, 9.17) is 5.11 Å². The van der Waals surface area contributed by atoms with E-state index >= 15 is 0 Å². The minimum absolute atomic E-state index is 0.134. The minimum Gasteiger partial charge on any atom is -0.480 e. The van der Waals surface area contributed by atoms with Crippen LogP contribution in [0.15, 0.2) is 29.2 Å². The maximum atomic E-state index is 12.1. The van der Waals surface area contributed by atoms with E-state index in [0.717, 1.165) is 17.5 Å². The lowest BCUT2D eigenvalue weighted by Gasteiger charge is -2.07. The topological polar surface area (TPSA) is 127 Å². The van der Waals surface area contributed by atoms with Crippen LogP contribution in [0.1, 0.15) is 19.8 Å². The number of tetrazole rings is 1. The highest BCUT2D eigenvalue weighted by molar-refractivity contribution is 7.89. The van der Waals surface area contributed by atoms with E-state index in [-0.39, 0.29) is 17.3 Å². The van der Waals surface area contributed by atoms with Crippen molar-refractivity contribution in [2.45, 2.75) is 31.2 Å². The number of nitrogens with zero attached hydrogens (tertiary/aromatic N) is 4. The molecular formula is C13H17N5O4S. The molecular weight excluding hydrogens is 322 g/mol. The third kappa shape index (κ3) is 4.33. The van der Waals surface area contributed by atoms with Crippen LogP contribution in [0.3, 0.4) is 0 Å². The van der Waals surface area contributed by atoms with Gasteiger partial charge in [0, 0.05) is 12.1 Å². The fourth-order valence-electron chi connectivity index (χ4n) is 1.90. The van der Waals surface area contributed by atoms with Gasteiger partial charge in [0.15, 0.2) is 5.82 Å². The summed E-state index contributed by atoms with van der Waals surface area (Å²) in [5, 5.41) is 19.6. The molecule has 0 saturated heterocycles. The molecule has 0 fully saturated rings. The molecule has 1 heterocycles. The highest BCUT2D eigenvalue weighted by Crippen LogP contribution is 2.18. The largest absolute Gasteiger partial charge is 0.480 e. The number of carboxylic acid groups (broad SMARTS) is 1. The van der Waals surface area contributed by atoms with Crippen LogP contribution >= 0.6 is 0 Å². The van der Waals surface area contributed by atoms with Gasteiger partial charge in [-0.1, -0.05) is 13.3 Å². The van der Waals surface area contributed by atoms with Crippen LogP contribution in [-0.4, -0.2) is 46.2 Å². The molecule has 1 aromatic carbocycles. The number of sulfonamides is 1. The number of carbonyl (C=O) groups is 1. The Hall–Kier alpha value is -2.33. The van der Waals surface area contributed by atoms with Crippen LogP contribution in [0.5, 0.6) is 0 Å². The lowest BCUT2D eigenvalue weighted by Crippen LogP contribution is -2.24. The number of nitrogens with one attached hydrogen (secondary N) is 1. The Labute approximate surface area is 133 Å². The zero-order valence-electron chi connectivity index (χ0n) is 12.5. The molecule has 0 bridgehead atoms. The summed E-state index contributed by atoms with van der Waals surface area (Å²) >= 11 is 0. The van der Waals surface area contributed by atoms with E-state index in [1.165, 1.54) is 12.1 Å². The summed E-state index contributed by atoms with van der Waals surface area (Å²) < 4.78 is 27.8. The van der Waals surface area contributed by atoms with Crippen molar-refractivity contribution in [2.24, 2.45) is 0 Å². The van der Waals surface area contributed by atoms with Gasteiger partial charge in [-0.15, -0.1) is 5.10 Å². The molecule has 2 N–H and O–H groups in total. The number of hydrogen-bond donors (Lipinski definition) is 2. The number of hydrogen-bond acceptors (Lipinski definition) is 6. The maximum Gasteiger partial charge on any atom is 0.325 e. The zero-order valence-corrected chi connectivity index (χ0v) is 13.3.